The van der Waals surface area contributed by atoms with Gasteiger partial charge in [-0.15, -0.1) is 0 Å². The molecule has 42 heavy (non-hydrogen) atoms. The number of nitrogens with zero attached hydrogens (tertiary/aromatic N) is 3. The fourth-order valence-electron chi connectivity index (χ4n) is 5.94. The minimum Gasteiger partial charge on any atom is -0.497 e. The number of methoxy groups -OCH3 is 2. The molecule has 3 heterocycles. The molecule has 0 saturated carbocycles. The molecule has 0 bridgehead atoms. The molecule has 1 aromatic heterocycles. The van der Waals surface area contributed by atoms with Crippen LogP contribution in [0.15, 0.2) is 66.9 Å². The van der Waals surface area contributed by atoms with Crippen LogP contribution in [0.25, 0.3) is 0 Å². The fourth-order valence-corrected chi connectivity index (χ4v) is 5.94. The SMILES string of the molecule is COc1ccc(C(=O)C2CCN(C(=O)c3ccc(C(=O)CC4CCN(Cc5cccc(OC)c5)CC4)cn3)CC2)cc1. The predicted molar refractivity (Wildman–Crippen MR) is 160 cm³/mol. The predicted octanol–water partition coefficient (Wildman–Crippen LogP) is 5.32. The number of aromatic nitrogens is 1. The van der Waals surface area contributed by atoms with Crippen LogP contribution in [-0.4, -0.2) is 72.7 Å². The lowest BCUT2D eigenvalue weighted by Crippen LogP contribution is -2.40. The van der Waals surface area contributed by atoms with Gasteiger partial charge in [0.05, 0.1) is 14.2 Å². The topological polar surface area (TPSA) is 89.0 Å². The average Bonchev–Trinajstić information content (AvgIpc) is 3.05. The molecule has 0 aliphatic carbocycles. The minimum absolute atomic E-state index is 0.0746. The lowest BCUT2D eigenvalue weighted by Gasteiger charge is -2.31. The summed E-state index contributed by atoms with van der Waals surface area (Å²) >= 11 is 0. The van der Waals surface area contributed by atoms with Crippen LogP contribution in [0.2, 0.25) is 0 Å². The first kappa shape index (κ1) is 29.5. The highest BCUT2D eigenvalue weighted by Crippen LogP contribution is 2.26. The van der Waals surface area contributed by atoms with Gasteiger partial charge in [0.15, 0.2) is 11.6 Å². The van der Waals surface area contributed by atoms with Crippen molar-refractivity contribution in [3.8, 4) is 11.5 Å². The molecule has 220 valence electrons. The van der Waals surface area contributed by atoms with E-state index in [1.807, 2.05) is 12.1 Å². The van der Waals surface area contributed by atoms with Crippen LogP contribution in [0.5, 0.6) is 11.5 Å². The summed E-state index contributed by atoms with van der Waals surface area (Å²) in [6.07, 6.45) is 5.23. The number of hydrogen-bond donors (Lipinski definition) is 0. The van der Waals surface area contributed by atoms with Gasteiger partial charge < -0.3 is 14.4 Å². The average molecular weight is 570 g/mol. The Hall–Kier alpha value is -4.04. The molecule has 0 spiro atoms. The van der Waals surface area contributed by atoms with Crippen LogP contribution in [0.1, 0.15) is 68.9 Å². The zero-order valence-electron chi connectivity index (χ0n) is 24.5. The normalized spacial score (nSPS) is 16.7. The Morgan fingerprint density at radius 2 is 1.50 bits per heavy atom. The summed E-state index contributed by atoms with van der Waals surface area (Å²) < 4.78 is 10.5. The number of piperidine rings is 2. The molecule has 2 aliphatic rings. The molecule has 8 nitrogen and oxygen atoms in total. The van der Waals surface area contributed by atoms with Crippen molar-refractivity contribution >= 4 is 17.5 Å². The molecule has 0 N–H and O–H groups in total. The highest BCUT2D eigenvalue weighted by atomic mass is 16.5. The Balaban J connectivity index is 1.07. The summed E-state index contributed by atoms with van der Waals surface area (Å²) in [6, 6.07) is 18.7. The number of rotatable bonds is 10. The van der Waals surface area contributed by atoms with Crippen molar-refractivity contribution in [3.05, 3.63) is 89.2 Å². The highest BCUT2D eigenvalue weighted by molar-refractivity contribution is 5.99. The monoisotopic (exact) mass is 569 g/mol. The summed E-state index contributed by atoms with van der Waals surface area (Å²) in [5.41, 5.74) is 2.78. The number of amides is 1. The second kappa shape index (κ2) is 13.7. The summed E-state index contributed by atoms with van der Waals surface area (Å²) in [6.45, 7) is 3.81. The third kappa shape index (κ3) is 7.23. The minimum atomic E-state index is -0.159. The largest absolute Gasteiger partial charge is 0.497 e. The number of pyridine rings is 1. The van der Waals surface area contributed by atoms with Gasteiger partial charge in [0, 0.05) is 49.3 Å². The fraction of sp³-hybridized carbons (Fsp3) is 0.412. The van der Waals surface area contributed by atoms with Gasteiger partial charge in [0.25, 0.3) is 5.91 Å². The quantitative estimate of drug-likeness (QED) is 0.306. The van der Waals surface area contributed by atoms with Crippen LogP contribution < -0.4 is 9.47 Å². The van der Waals surface area contributed by atoms with E-state index in [0.717, 1.165) is 38.2 Å². The number of benzene rings is 2. The van der Waals surface area contributed by atoms with E-state index in [0.29, 0.717) is 60.8 Å². The van der Waals surface area contributed by atoms with Crippen LogP contribution in [0.3, 0.4) is 0 Å². The molecule has 0 radical (unpaired) electrons. The van der Waals surface area contributed by atoms with E-state index in [9.17, 15) is 14.4 Å². The molecule has 5 rings (SSSR count). The van der Waals surface area contributed by atoms with Gasteiger partial charge in [0.2, 0.25) is 0 Å². The molecular formula is C34H39N3O5. The van der Waals surface area contributed by atoms with Gasteiger partial charge in [-0.2, -0.15) is 0 Å². The number of hydrogen-bond acceptors (Lipinski definition) is 7. The van der Waals surface area contributed by atoms with Gasteiger partial charge in [-0.25, -0.2) is 0 Å². The van der Waals surface area contributed by atoms with Gasteiger partial charge >= 0.3 is 0 Å². The molecular weight excluding hydrogens is 530 g/mol. The third-order valence-electron chi connectivity index (χ3n) is 8.55. The standard InChI is InChI=1S/C34H39N3O5/c1-41-29-9-6-26(7-10-29)33(39)27-14-18-37(19-15-27)34(40)31-11-8-28(22-35-31)32(38)21-24-12-16-36(17-13-24)23-25-4-3-5-30(20-25)42-2/h3-11,20,22,24,27H,12-19,21,23H2,1-2H3. The van der Waals surface area contributed by atoms with Gasteiger partial charge in [-0.3, -0.25) is 24.3 Å². The van der Waals surface area contributed by atoms with Crippen molar-refractivity contribution in [2.45, 2.75) is 38.6 Å². The second-order valence-electron chi connectivity index (χ2n) is 11.3. The molecule has 2 saturated heterocycles. The Bertz CT molecular complexity index is 1370. The van der Waals surface area contributed by atoms with Crippen LogP contribution >= 0.6 is 0 Å². The van der Waals surface area contributed by atoms with Crippen molar-refractivity contribution < 1.29 is 23.9 Å². The van der Waals surface area contributed by atoms with Crippen molar-refractivity contribution in [2.75, 3.05) is 40.4 Å². The summed E-state index contributed by atoms with van der Waals surface area (Å²) in [4.78, 5) is 47.5. The Morgan fingerprint density at radius 3 is 2.14 bits per heavy atom. The van der Waals surface area contributed by atoms with Crippen molar-refractivity contribution in [2.24, 2.45) is 11.8 Å². The molecule has 0 unspecified atom stereocenters. The molecule has 8 heteroatoms. The highest BCUT2D eigenvalue weighted by Gasteiger charge is 2.29. The van der Waals surface area contributed by atoms with E-state index in [2.05, 4.69) is 22.0 Å². The molecule has 1 amide bonds. The summed E-state index contributed by atoms with van der Waals surface area (Å²) in [5, 5.41) is 0. The maximum atomic E-state index is 13.1. The lowest BCUT2D eigenvalue weighted by atomic mass is 9.88. The maximum Gasteiger partial charge on any atom is 0.272 e. The van der Waals surface area contributed by atoms with E-state index in [4.69, 9.17) is 9.47 Å². The van der Waals surface area contributed by atoms with E-state index in [1.165, 1.54) is 11.8 Å². The van der Waals surface area contributed by atoms with Crippen molar-refractivity contribution in [1.29, 1.82) is 0 Å². The Morgan fingerprint density at radius 1 is 0.810 bits per heavy atom. The van der Waals surface area contributed by atoms with Gasteiger partial charge in [-0.05, 0) is 98.8 Å². The zero-order chi connectivity index (χ0) is 29.5. The van der Waals surface area contributed by atoms with Crippen molar-refractivity contribution in [1.82, 2.24) is 14.8 Å². The maximum absolute atomic E-state index is 13.1. The summed E-state index contributed by atoms with van der Waals surface area (Å²) in [5.74, 6) is 1.85. The molecule has 2 aromatic carbocycles. The van der Waals surface area contributed by atoms with Crippen molar-refractivity contribution in [3.63, 3.8) is 0 Å². The molecule has 2 aliphatic heterocycles. The van der Waals surface area contributed by atoms with Crippen LogP contribution in [0, 0.1) is 11.8 Å². The second-order valence-corrected chi connectivity index (χ2v) is 11.3. The lowest BCUT2D eigenvalue weighted by molar-refractivity contribution is 0.0645. The third-order valence-corrected chi connectivity index (χ3v) is 8.55. The number of carbonyl (C=O) groups is 3. The first-order valence-corrected chi connectivity index (χ1v) is 14.8. The number of likely N-dealkylation sites (tertiary alicyclic amines) is 2. The summed E-state index contributed by atoms with van der Waals surface area (Å²) in [7, 11) is 3.28. The van der Waals surface area contributed by atoms with Crippen LogP contribution in [-0.2, 0) is 6.54 Å². The Labute approximate surface area is 247 Å². The van der Waals surface area contributed by atoms with E-state index < -0.39 is 0 Å². The number of Topliss-reactive ketones (excluding diaryl/α,β-unsaturated/α-hetero) is 2. The number of ketones is 2. The van der Waals surface area contributed by atoms with E-state index in [-0.39, 0.29) is 23.4 Å². The van der Waals surface area contributed by atoms with Gasteiger partial charge in [-0.1, -0.05) is 12.1 Å². The smallest absolute Gasteiger partial charge is 0.272 e. The van der Waals surface area contributed by atoms with E-state index >= 15 is 0 Å². The Kier molecular flexibility index (Phi) is 9.64. The molecule has 2 fully saturated rings. The first-order chi connectivity index (χ1) is 20.4. The number of carbonyl (C=O) groups excluding carboxylic acids is 3. The van der Waals surface area contributed by atoms with Crippen LogP contribution in [0.4, 0.5) is 0 Å². The first-order valence-electron chi connectivity index (χ1n) is 14.8. The number of ether oxygens (including phenoxy) is 2. The van der Waals surface area contributed by atoms with E-state index in [1.54, 1.807) is 55.5 Å². The molecule has 0 atom stereocenters. The van der Waals surface area contributed by atoms with Gasteiger partial charge in [0.1, 0.15) is 17.2 Å². The zero-order valence-corrected chi connectivity index (χ0v) is 24.5. The molecule has 3 aromatic rings.